The molecule has 2 atom stereocenters. The Bertz CT molecular complexity index is 622. The minimum absolute atomic E-state index is 0.0888. The second kappa shape index (κ2) is 5.84. The Hall–Kier alpha value is -1.88. The maximum absolute atomic E-state index is 11.7. The number of aliphatic hydroxyl groups excluding tert-OH is 1. The molecule has 19 heavy (non-hydrogen) atoms. The number of aliphatic hydroxyl groups is 1. The summed E-state index contributed by atoms with van der Waals surface area (Å²) in [7, 11) is 0. The molecule has 0 spiro atoms. The monoisotopic (exact) mass is 265 g/mol. The number of nitrogens with two attached hydrogens (primary N) is 1. The van der Waals surface area contributed by atoms with Crippen molar-refractivity contribution < 1.29 is 9.84 Å². The summed E-state index contributed by atoms with van der Waals surface area (Å²) >= 11 is 0. The zero-order valence-electron chi connectivity index (χ0n) is 10.3. The van der Waals surface area contributed by atoms with Crippen LogP contribution in [0.3, 0.4) is 0 Å². The van der Waals surface area contributed by atoms with Crippen LogP contribution in [0.15, 0.2) is 15.8 Å². The van der Waals surface area contributed by atoms with E-state index < -0.39 is 17.5 Å². The molecule has 0 saturated carbocycles. The van der Waals surface area contributed by atoms with Crippen LogP contribution in [0.5, 0.6) is 0 Å². The van der Waals surface area contributed by atoms with E-state index in [2.05, 4.69) is 16.8 Å². The van der Waals surface area contributed by atoms with Crippen LogP contribution in [0.2, 0.25) is 0 Å². The molecule has 102 valence electrons. The van der Waals surface area contributed by atoms with Gasteiger partial charge in [-0.2, -0.15) is 0 Å². The van der Waals surface area contributed by atoms with Crippen molar-refractivity contribution in [2.24, 2.45) is 5.73 Å². The van der Waals surface area contributed by atoms with Gasteiger partial charge in [0.15, 0.2) is 0 Å². The van der Waals surface area contributed by atoms with Gasteiger partial charge >= 0.3 is 5.69 Å². The topological polar surface area (TPSA) is 110 Å². The molecule has 1 saturated heterocycles. The Balaban J connectivity index is 2.36. The van der Waals surface area contributed by atoms with Crippen molar-refractivity contribution in [3.63, 3.8) is 0 Å². The standard InChI is InChI=1S/C12H15N3O4/c13-5-1-2-8-6-15(12(18)14-11(8)17)10-4-3-9(7-16)19-10/h6,9-10,16H,3-5,7,13H2,(H,14,17,18). The van der Waals surface area contributed by atoms with Gasteiger partial charge in [0.25, 0.3) is 5.56 Å². The van der Waals surface area contributed by atoms with Crippen molar-refractivity contribution in [2.75, 3.05) is 13.2 Å². The molecule has 4 N–H and O–H groups in total. The van der Waals surface area contributed by atoms with Crippen LogP contribution in [-0.4, -0.2) is 33.9 Å². The lowest BCUT2D eigenvalue weighted by atomic mass is 10.2. The fraction of sp³-hybridized carbons (Fsp3) is 0.500. The highest BCUT2D eigenvalue weighted by atomic mass is 16.5. The fourth-order valence-electron chi connectivity index (χ4n) is 1.96. The van der Waals surface area contributed by atoms with E-state index in [1.165, 1.54) is 10.8 Å². The number of hydrogen-bond acceptors (Lipinski definition) is 5. The number of H-pyrrole nitrogens is 1. The first-order chi connectivity index (χ1) is 9.15. The second-order valence-corrected chi connectivity index (χ2v) is 4.19. The lowest BCUT2D eigenvalue weighted by Crippen LogP contribution is -2.33. The molecule has 0 aliphatic carbocycles. The summed E-state index contributed by atoms with van der Waals surface area (Å²) in [6, 6.07) is 0. The Morgan fingerprint density at radius 1 is 1.53 bits per heavy atom. The van der Waals surface area contributed by atoms with E-state index >= 15 is 0 Å². The lowest BCUT2D eigenvalue weighted by Gasteiger charge is -2.14. The molecule has 7 heteroatoms. The maximum Gasteiger partial charge on any atom is 0.330 e. The summed E-state index contributed by atoms with van der Waals surface area (Å²) in [5.74, 6) is 5.17. The number of aromatic amines is 1. The molecule has 7 nitrogen and oxygen atoms in total. The van der Waals surface area contributed by atoms with Gasteiger partial charge in [0.1, 0.15) is 11.8 Å². The van der Waals surface area contributed by atoms with Gasteiger partial charge < -0.3 is 15.6 Å². The minimum Gasteiger partial charge on any atom is -0.394 e. The van der Waals surface area contributed by atoms with E-state index in [9.17, 15) is 9.59 Å². The molecule has 0 radical (unpaired) electrons. The summed E-state index contributed by atoms with van der Waals surface area (Å²) < 4.78 is 6.78. The average Bonchev–Trinajstić information content (AvgIpc) is 2.86. The Labute approximate surface area is 109 Å². The van der Waals surface area contributed by atoms with Crippen LogP contribution < -0.4 is 17.0 Å². The maximum atomic E-state index is 11.7. The zero-order valence-corrected chi connectivity index (χ0v) is 10.3. The minimum atomic E-state index is -0.549. The van der Waals surface area contributed by atoms with E-state index in [1.807, 2.05) is 0 Å². The number of nitrogens with zero attached hydrogens (tertiary/aromatic N) is 1. The first-order valence-corrected chi connectivity index (χ1v) is 5.96. The molecule has 2 rings (SSSR count). The first kappa shape index (κ1) is 13.5. The second-order valence-electron chi connectivity index (χ2n) is 4.19. The van der Waals surface area contributed by atoms with E-state index in [0.717, 1.165) is 0 Å². The fourth-order valence-corrected chi connectivity index (χ4v) is 1.96. The summed E-state index contributed by atoms with van der Waals surface area (Å²) in [5.41, 5.74) is 4.32. The molecule has 2 unspecified atom stereocenters. The van der Waals surface area contributed by atoms with Crippen LogP contribution in [0.25, 0.3) is 0 Å². The highest BCUT2D eigenvalue weighted by Crippen LogP contribution is 2.26. The molecule has 1 aliphatic heterocycles. The molecule has 1 aliphatic rings. The number of nitrogens with one attached hydrogen (secondary N) is 1. The van der Waals surface area contributed by atoms with Crippen LogP contribution >= 0.6 is 0 Å². The van der Waals surface area contributed by atoms with Gasteiger partial charge in [-0.1, -0.05) is 11.8 Å². The van der Waals surface area contributed by atoms with Gasteiger partial charge in [0.2, 0.25) is 0 Å². The average molecular weight is 265 g/mol. The van der Waals surface area contributed by atoms with Gasteiger partial charge in [-0.15, -0.1) is 0 Å². The Morgan fingerprint density at radius 2 is 2.32 bits per heavy atom. The first-order valence-electron chi connectivity index (χ1n) is 5.96. The molecule has 1 aromatic rings. The van der Waals surface area contributed by atoms with E-state index in [1.54, 1.807) is 0 Å². The highest BCUT2D eigenvalue weighted by molar-refractivity contribution is 5.29. The highest BCUT2D eigenvalue weighted by Gasteiger charge is 2.26. The third-order valence-electron chi connectivity index (χ3n) is 2.89. The van der Waals surface area contributed by atoms with Gasteiger partial charge in [0, 0.05) is 6.20 Å². The molecule has 0 bridgehead atoms. The molecule has 2 heterocycles. The lowest BCUT2D eigenvalue weighted by molar-refractivity contribution is -0.0246. The molecule has 1 fully saturated rings. The zero-order chi connectivity index (χ0) is 13.8. The van der Waals surface area contributed by atoms with Crippen LogP contribution in [0.1, 0.15) is 24.6 Å². The summed E-state index contributed by atoms with van der Waals surface area (Å²) in [5, 5.41) is 9.01. The van der Waals surface area contributed by atoms with Gasteiger partial charge in [-0.05, 0) is 12.8 Å². The molecule has 1 aromatic heterocycles. The Kier molecular flexibility index (Phi) is 4.16. The van der Waals surface area contributed by atoms with E-state index in [4.69, 9.17) is 15.6 Å². The van der Waals surface area contributed by atoms with E-state index in [-0.39, 0.29) is 24.8 Å². The van der Waals surface area contributed by atoms with Crippen molar-refractivity contribution in [3.05, 3.63) is 32.6 Å². The summed E-state index contributed by atoms with van der Waals surface area (Å²) in [6.45, 7) is 0.0412. The van der Waals surface area contributed by atoms with Crippen LogP contribution in [0, 0.1) is 11.8 Å². The number of ether oxygens (including phenoxy) is 1. The van der Waals surface area contributed by atoms with Crippen molar-refractivity contribution >= 4 is 0 Å². The van der Waals surface area contributed by atoms with Crippen molar-refractivity contribution in [1.29, 1.82) is 0 Å². The molecule has 0 amide bonds. The molecular formula is C12H15N3O4. The van der Waals surface area contributed by atoms with Crippen molar-refractivity contribution in [2.45, 2.75) is 25.2 Å². The Morgan fingerprint density at radius 3 is 2.95 bits per heavy atom. The third kappa shape index (κ3) is 2.93. The largest absolute Gasteiger partial charge is 0.394 e. The van der Waals surface area contributed by atoms with Crippen LogP contribution in [0.4, 0.5) is 0 Å². The third-order valence-corrected chi connectivity index (χ3v) is 2.89. The molecular weight excluding hydrogens is 250 g/mol. The predicted octanol–water partition coefficient (Wildman–Crippen LogP) is -1.48. The number of rotatable bonds is 2. The van der Waals surface area contributed by atoms with Gasteiger partial charge in [0.05, 0.1) is 19.3 Å². The van der Waals surface area contributed by atoms with Crippen molar-refractivity contribution in [1.82, 2.24) is 9.55 Å². The van der Waals surface area contributed by atoms with Crippen molar-refractivity contribution in [3.8, 4) is 11.8 Å². The quantitative estimate of drug-likeness (QED) is 0.565. The summed E-state index contributed by atoms with van der Waals surface area (Å²) in [4.78, 5) is 25.5. The predicted molar refractivity (Wildman–Crippen MR) is 67.5 cm³/mol. The van der Waals surface area contributed by atoms with Gasteiger partial charge in [-0.3, -0.25) is 14.3 Å². The number of aromatic nitrogens is 2. The number of hydrogen-bond donors (Lipinski definition) is 3. The smallest absolute Gasteiger partial charge is 0.330 e. The van der Waals surface area contributed by atoms with Crippen LogP contribution in [-0.2, 0) is 4.74 Å². The SMILES string of the molecule is NCC#Cc1cn(C2CCC(CO)O2)c(=O)[nH]c1=O. The normalized spacial score (nSPS) is 22.0. The van der Waals surface area contributed by atoms with E-state index in [0.29, 0.717) is 12.8 Å². The molecule has 0 aromatic carbocycles. The summed E-state index contributed by atoms with van der Waals surface area (Å²) in [6.07, 6.45) is 1.87. The van der Waals surface area contributed by atoms with Gasteiger partial charge in [-0.25, -0.2) is 4.79 Å².